The highest BCUT2D eigenvalue weighted by molar-refractivity contribution is 7.99. The molecule has 144 valence electrons. The molecule has 3 aromatic carbocycles. The summed E-state index contributed by atoms with van der Waals surface area (Å²) < 4.78 is 0.983. The van der Waals surface area contributed by atoms with Crippen LogP contribution in [0.4, 0.5) is 11.4 Å². The van der Waals surface area contributed by atoms with Crippen LogP contribution in [0.5, 0.6) is 0 Å². The molecule has 0 saturated heterocycles. The van der Waals surface area contributed by atoms with Crippen molar-refractivity contribution < 1.29 is 4.48 Å². The average Bonchev–Trinajstić information content (AvgIpc) is 2.68. The fraction of sp³-hybridized carbons (Fsp3) is 0.250. The molecule has 0 unspecified atom stereocenters. The molecule has 0 amide bonds. The standard InChI is InChI=1S/C24H26ClN2S/c1-27(2,18-19-9-4-3-5-10-19)16-8-15-26-21-11-6-7-12-23(21)28-24-14-13-20(25)17-22(24)26/h3-7,9-14,17H,8,15-16,18H2,1-2H3/q+1. The molecule has 1 heterocycles. The number of quaternary nitrogens is 1. The number of hydrogen-bond acceptors (Lipinski definition) is 2. The Kier molecular flexibility index (Phi) is 5.68. The third-order valence-electron chi connectivity index (χ3n) is 5.19. The molecule has 0 radical (unpaired) electrons. The number of benzene rings is 3. The highest BCUT2D eigenvalue weighted by Gasteiger charge is 2.24. The molecule has 1 aliphatic rings. The number of anilines is 2. The Morgan fingerprint density at radius 1 is 0.857 bits per heavy atom. The van der Waals surface area contributed by atoms with Crippen molar-refractivity contribution in [1.82, 2.24) is 0 Å². The van der Waals surface area contributed by atoms with Crippen LogP contribution in [0.25, 0.3) is 0 Å². The summed E-state index contributed by atoms with van der Waals surface area (Å²) in [5, 5.41) is 0.795. The Morgan fingerprint density at radius 3 is 2.39 bits per heavy atom. The SMILES string of the molecule is C[N+](C)(CCCN1c2ccccc2Sc2ccc(Cl)cc21)Cc1ccccc1. The van der Waals surface area contributed by atoms with Crippen LogP contribution in [0.1, 0.15) is 12.0 Å². The van der Waals surface area contributed by atoms with Gasteiger partial charge in [0.15, 0.2) is 0 Å². The van der Waals surface area contributed by atoms with Crippen molar-refractivity contribution in [2.24, 2.45) is 0 Å². The third-order valence-corrected chi connectivity index (χ3v) is 6.55. The molecule has 4 rings (SSSR count). The van der Waals surface area contributed by atoms with E-state index in [9.17, 15) is 0 Å². The van der Waals surface area contributed by atoms with Gasteiger partial charge in [-0.1, -0.05) is 65.8 Å². The second-order valence-electron chi connectivity index (χ2n) is 7.99. The lowest BCUT2D eigenvalue weighted by Gasteiger charge is -2.35. The fourth-order valence-electron chi connectivity index (χ4n) is 3.86. The van der Waals surface area contributed by atoms with Crippen molar-refractivity contribution in [3.63, 3.8) is 0 Å². The van der Waals surface area contributed by atoms with Crippen LogP contribution in [0.15, 0.2) is 82.6 Å². The number of para-hydroxylation sites is 1. The summed E-state index contributed by atoms with van der Waals surface area (Å²) in [6.07, 6.45) is 1.12. The largest absolute Gasteiger partial charge is 0.339 e. The molecule has 2 nitrogen and oxygen atoms in total. The first-order chi connectivity index (χ1) is 13.5. The van der Waals surface area contributed by atoms with Gasteiger partial charge < -0.3 is 9.38 Å². The first kappa shape index (κ1) is 19.4. The van der Waals surface area contributed by atoms with E-state index >= 15 is 0 Å². The summed E-state index contributed by atoms with van der Waals surface area (Å²) in [7, 11) is 4.63. The molecule has 28 heavy (non-hydrogen) atoms. The number of halogens is 1. The van der Waals surface area contributed by atoms with E-state index in [0.717, 1.165) is 35.6 Å². The fourth-order valence-corrected chi connectivity index (χ4v) is 5.10. The number of rotatable bonds is 6. The predicted molar refractivity (Wildman–Crippen MR) is 121 cm³/mol. The molecule has 3 aromatic rings. The number of fused-ring (bicyclic) bond motifs is 2. The van der Waals surface area contributed by atoms with Crippen LogP contribution in [0.3, 0.4) is 0 Å². The minimum absolute atomic E-state index is 0.795. The molecular formula is C24H26ClN2S+. The van der Waals surface area contributed by atoms with Crippen molar-refractivity contribution in [2.75, 3.05) is 32.1 Å². The Hall–Kier alpha value is -1.94. The Balaban J connectivity index is 1.49. The first-order valence-electron chi connectivity index (χ1n) is 9.72. The summed E-state index contributed by atoms with van der Waals surface area (Å²) >= 11 is 8.16. The van der Waals surface area contributed by atoms with Gasteiger partial charge in [-0.2, -0.15) is 0 Å². The van der Waals surface area contributed by atoms with Gasteiger partial charge in [0.1, 0.15) is 6.54 Å². The van der Waals surface area contributed by atoms with Crippen molar-refractivity contribution in [3.05, 3.63) is 83.4 Å². The van der Waals surface area contributed by atoms with E-state index in [2.05, 4.69) is 85.7 Å². The average molecular weight is 410 g/mol. The minimum Gasteiger partial charge on any atom is -0.339 e. The zero-order valence-corrected chi connectivity index (χ0v) is 18.0. The minimum atomic E-state index is 0.795. The van der Waals surface area contributed by atoms with Crippen molar-refractivity contribution in [3.8, 4) is 0 Å². The van der Waals surface area contributed by atoms with E-state index in [-0.39, 0.29) is 0 Å². The maximum atomic E-state index is 6.33. The highest BCUT2D eigenvalue weighted by Crippen LogP contribution is 2.48. The molecule has 0 aromatic heterocycles. The predicted octanol–water partition coefficient (Wildman–Crippen LogP) is 6.61. The third kappa shape index (κ3) is 4.38. The van der Waals surface area contributed by atoms with Gasteiger partial charge >= 0.3 is 0 Å². The molecular weight excluding hydrogens is 384 g/mol. The summed E-state index contributed by atoms with van der Waals surface area (Å²) in [6.45, 7) is 3.16. The highest BCUT2D eigenvalue weighted by atomic mass is 35.5. The summed E-state index contributed by atoms with van der Waals surface area (Å²) in [6, 6.07) is 25.7. The van der Waals surface area contributed by atoms with E-state index in [1.165, 1.54) is 26.7 Å². The van der Waals surface area contributed by atoms with E-state index in [4.69, 9.17) is 11.6 Å². The summed E-state index contributed by atoms with van der Waals surface area (Å²) in [5.74, 6) is 0. The van der Waals surface area contributed by atoms with Crippen LogP contribution in [0.2, 0.25) is 5.02 Å². The van der Waals surface area contributed by atoms with Crippen LogP contribution in [0, 0.1) is 0 Å². The van der Waals surface area contributed by atoms with Gasteiger partial charge in [0.2, 0.25) is 0 Å². The molecule has 0 N–H and O–H groups in total. The lowest BCUT2D eigenvalue weighted by atomic mass is 10.1. The molecule has 0 atom stereocenters. The molecule has 0 saturated carbocycles. The first-order valence-corrected chi connectivity index (χ1v) is 10.9. The molecule has 0 fully saturated rings. The van der Waals surface area contributed by atoms with E-state index in [0.29, 0.717) is 0 Å². The summed E-state index contributed by atoms with van der Waals surface area (Å²) in [4.78, 5) is 5.03. The molecule has 1 aliphatic heterocycles. The van der Waals surface area contributed by atoms with Gasteiger partial charge in [-0.15, -0.1) is 0 Å². The van der Waals surface area contributed by atoms with E-state index in [1.807, 2.05) is 17.8 Å². The maximum Gasteiger partial charge on any atom is 0.104 e. The molecule has 0 bridgehead atoms. The van der Waals surface area contributed by atoms with E-state index < -0.39 is 0 Å². The maximum absolute atomic E-state index is 6.33. The summed E-state index contributed by atoms with van der Waals surface area (Å²) in [5.41, 5.74) is 3.91. The molecule has 0 aliphatic carbocycles. The second kappa shape index (κ2) is 8.20. The smallest absolute Gasteiger partial charge is 0.104 e. The Labute approximate surface area is 177 Å². The van der Waals surface area contributed by atoms with Gasteiger partial charge in [0.05, 0.1) is 32.0 Å². The topological polar surface area (TPSA) is 3.24 Å². The zero-order valence-electron chi connectivity index (χ0n) is 16.4. The normalized spacial score (nSPS) is 13.2. The van der Waals surface area contributed by atoms with Gasteiger partial charge in [-0.05, 0) is 30.3 Å². The van der Waals surface area contributed by atoms with Crippen LogP contribution >= 0.6 is 23.4 Å². The van der Waals surface area contributed by atoms with Gasteiger partial charge in [-0.25, -0.2) is 0 Å². The Morgan fingerprint density at radius 2 is 1.57 bits per heavy atom. The number of hydrogen-bond donors (Lipinski definition) is 0. The van der Waals surface area contributed by atoms with Crippen LogP contribution in [-0.4, -0.2) is 31.7 Å². The quantitative estimate of drug-likeness (QED) is 0.421. The van der Waals surface area contributed by atoms with Crippen LogP contribution < -0.4 is 4.90 Å². The van der Waals surface area contributed by atoms with Crippen LogP contribution in [-0.2, 0) is 6.54 Å². The van der Waals surface area contributed by atoms with Gasteiger partial charge in [0.25, 0.3) is 0 Å². The lowest BCUT2D eigenvalue weighted by Crippen LogP contribution is -2.40. The number of nitrogens with zero attached hydrogens (tertiary/aromatic N) is 2. The molecule has 0 spiro atoms. The van der Waals surface area contributed by atoms with Gasteiger partial charge in [0, 0.05) is 33.3 Å². The van der Waals surface area contributed by atoms with E-state index in [1.54, 1.807) is 0 Å². The van der Waals surface area contributed by atoms with Crippen molar-refractivity contribution >= 4 is 34.7 Å². The molecule has 4 heteroatoms. The lowest BCUT2D eigenvalue weighted by molar-refractivity contribution is -0.903. The monoisotopic (exact) mass is 409 g/mol. The Bertz CT molecular complexity index is 956. The van der Waals surface area contributed by atoms with Gasteiger partial charge in [-0.3, -0.25) is 0 Å². The second-order valence-corrected chi connectivity index (χ2v) is 9.51. The van der Waals surface area contributed by atoms with Crippen molar-refractivity contribution in [2.45, 2.75) is 22.8 Å². The zero-order chi connectivity index (χ0) is 19.6. The van der Waals surface area contributed by atoms with Crippen molar-refractivity contribution in [1.29, 1.82) is 0 Å².